The van der Waals surface area contributed by atoms with Crippen molar-refractivity contribution >= 4 is 0 Å². The van der Waals surface area contributed by atoms with Crippen molar-refractivity contribution in [3.63, 3.8) is 0 Å². The smallest absolute Gasteiger partial charge is 0.108 e. The third-order valence-electron chi connectivity index (χ3n) is 1.88. The Morgan fingerprint density at radius 2 is 1.08 bits per heavy atom. The zero-order chi connectivity index (χ0) is 9.89. The van der Waals surface area contributed by atoms with E-state index in [1.165, 1.54) is 6.92 Å². The van der Waals surface area contributed by atoms with E-state index in [0.29, 0.717) is 0 Å². The molecule has 0 rings (SSSR count). The quantitative estimate of drug-likeness (QED) is 0.450. The molecular weight excluding hydrogens is 160 g/mol. The molecule has 1 unspecified atom stereocenters. The van der Waals surface area contributed by atoms with Crippen molar-refractivity contribution in [1.29, 1.82) is 0 Å². The maximum absolute atomic E-state index is 9.29. The van der Waals surface area contributed by atoms with E-state index in [1.807, 2.05) is 0 Å². The lowest BCUT2D eigenvalue weighted by Gasteiger charge is -2.26. The largest absolute Gasteiger partial charge is 0.391 e. The van der Waals surface area contributed by atoms with Crippen LogP contribution in [0, 0.1) is 5.92 Å². The van der Waals surface area contributed by atoms with Gasteiger partial charge in [-0.05, 0) is 12.8 Å². The third kappa shape index (κ3) is 3.06. The minimum Gasteiger partial charge on any atom is -0.391 e. The predicted molar refractivity (Wildman–Crippen MR) is 44.5 cm³/mol. The van der Waals surface area contributed by atoms with E-state index in [1.54, 1.807) is 13.8 Å². The van der Waals surface area contributed by atoms with E-state index in [-0.39, 0.29) is 5.92 Å². The first-order chi connectivity index (χ1) is 5.37. The number of aliphatic hydroxyl groups is 4. The van der Waals surface area contributed by atoms with Gasteiger partial charge in [-0.1, -0.05) is 13.8 Å². The Hall–Kier alpha value is -0.160. The van der Waals surface area contributed by atoms with Crippen molar-refractivity contribution < 1.29 is 20.4 Å². The van der Waals surface area contributed by atoms with Crippen LogP contribution in [0.4, 0.5) is 0 Å². The SMILES string of the molecule is CC(C)[C@H](O)[C@H](O)C(O)[C@@H](C)O. The third-order valence-corrected chi connectivity index (χ3v) is 1.88. The Morgan fingerprint density at radius 1 is 0.667 bits per heavy atom. The van der Waals surface area contributed by atoms with Crippen LogP contribution in [-0.4, -0.2) is 44.8 Å². The van der Waals surface area contributed by atoms with E-state index in [9.17, 15) is 10.2 Å². The molecule has 4 N–H and O–H groups in total. The molecular formula is C8H18O4. The fourth-order valence-electron chi connectivity index (χ4n) is 0.882. The summed E-state index contributed by atoms with van der Waals surface area (Å²) in [5.41, 5.74) is 0. The van der Waals surface area contributed by atoms with Crippen LogP contribution in [0.2, 0.25) is 0 Å². The second kappa shape index (κ2) is 4.77. The van der Waals surface area contributed by atoms with Crippen molar-refractivity contribution in [1.82, 2.24) is 0 Å². The number of aliphatic hydroxyl groups excluding tert-OH is 4. The number of rotatable bonds is 4. The lowest BCUT2D eigenvalue weighted by molar-refractivity contribution is -0.111. The summed E-state index contributed by atoms with van der Waals surface area (Å²) in [4.78, 5) is 0. The van der Waals surface area contributed by atoms with Crippen molar-refractivity contribution in [2.45, 2.75) is 45.2 Å². The second-order valence-electron chi connectivity index (χ2n) is 3.46. The molecule has 4 atom stereocenters. The Bertz CT molecular complexity index is 110. The average Bonchev–Trinajstić information content (AvgIpc) is 2.00. The Balaban J connectivity index is 4.08. The lowest BCUT2D eigenvalue weighted by atomic mass is 9.96. The zero-order valence-corrected chi connectivity index (χ0v) is 7.68. The fraction of sp³-hybridized carbons (Fsp3) is 1.00. The number of hydrogen-bond donors (Lipinski definition) is 4. The predicted octanol–water partition coefficient (Wildman–Crippen LogP) is -0.894. The maximum Gasteiger partial charge on any atom is 0.108 e. The van der Waals surface area contributed by atoms with E-state index in [2.05, 4.69) is 0 Å². The summed E-state index contributed by atoms with van der Waals surface area (Å²) in [5, 5.41) is 36.6. The van der Waals surface area contributed by atoms with Crippen molar-refractivity contribution in [3.8, 4) is 0 Å². The summed E-state index contributed by atoms with van der Waals surface area (Å²) < 4.78 is 0. The molecule has 4 nitrogen and oxygen atoms in total. The minimum absolute atomic E-state index is 0.145. The van der Waals surface area contributed by atoms with Gasteiger partial charge in [0.25, 0.3) is 0 Å². The molecule has 0 spiro atoms. The first-order valence-electron chi connectivity index (χ1n) is 4.10. The van der Waals surface area contributed by atoms with Gasteiger partial charge in [0.1, 0.15) is 12.2 Å². The Morgan fingerprint density at radius 3 is 1.33 bits per heavy atom. The van der Waals surface area contributed by atoms with Crippen LogP contribution in [0.3, 0.4) is 0 Å². The van der Waals surface area contributed by atoms with Crippen LogP contribution in [0.25, 0.3) is 0 Å². The van der Waals surface area contributed by atoms with Crippen molar-refractivity contribution in [2.24, 2.45) is 5.92 Å². The summed E-state index contributed by atoms with van der Waals surface area (Å²) in [5.74, 6) is -0.145. The molecule has 0 aromatic heterocycles. The molecule has 12 heavy (non-hydrogen) atoms. The standard InChI is InChI=1S/C8H18O4/c1-4(2)6(10)8(12)7(11)5(3)9/h4-12H,1-3H3/t5-,6+,7?,8+/m1/s1. The normalized spacial score (nSPS) is 22.0. The summed E-state index contributed by atoms with van der Waals surface area (Å²) in [6, 6.07) is 0. The van der Waals surface area contributed by atoms with Gasteiger partial charge in [-0.2, -0.15) is 0 Å². The molecule has 0 heterocycles. The van der Waals surface area contributed by atoms with Crippen LogP contribution in [0.1, 0.15) is 20.8 Å². The highest BCUT2D eigenvalue weighted by Gasteiger charge is 2.29. The second-order valence-corrected chi connectivity index (χ2v) is 3.46. The van der Waals surface area contributed by atoms with Gasteiger partial charge in [-0.3, -0.25) is 0 Å². The van der Waals surface area contributed by atoms with Crippen LogP contribution in [-0.2, 0) is 0 Å². The molecule has 74 valence electrons. The van der Waals surface area contributed by atoms with E-state index < -0.39 is 24.4 Å². The monoisotopic (exact) mass is 178 g/mol. The Kier molecular flexibility index (Phi) is 4.70. The molecule has 0 radical (unpaired) electrons. The van der Waals surface area contributed by atoms with Gasteiger partial charge in [0, 0.05) is 0 Å². The Labute approximate surface area is 72.5 Å². The molecule has 0 amide bonds. The molecule has 0 aliphatic carbocycles. The molecule has 0 aliphatic rings. The zero-order valence-electron chi connectivity index (χ0n) is 7.68. The van der Waals surface area contributed by atoms with Crippen LogP contribution < -0.4 is 0 Å². The van der Waals surface area contributed by atoms with Crippen LogP contribution in [0.15, 0.2) is 0 Å². The van der Waals surface area contributed by atoms with Gasteiger partial charge in [-0.15, -0.1) is 0 Å². The average molecular weight is 178 g/mol. The first kappa shape index (κ1) is 11.8. The highest BCUT2D eigenvalue weighted by atomic mass is 16.4. The maximum atomic E-state index is 9.29. The van der Waals surface area contributed by atoms with E-state index in [4.69, 9.17) is 10.2 Å². The molecule has 0 bridgehead atoms. The summed E-state index contributed by atoms with van der Waals surface area (Å²) in [6.07, 6.45) is -4.62. The van der Waals surface area contributed by atoms with E-state index >= 15 is 0 Å². The van der Waals surface area contributed by atoms with Crippen molar-refractivity contribution in [2.75, 3.05) is 0 Å². The minimum atomic E-state index is -1.29. The van der Waals surface area contributed by atoms with Gasteiger partial charge in [-0.25, -0.2) is 0 Å². The molecule has 0 saturated carbocycles. The van der Waals surface area contributed by atoms with E-state index in [0.717, 1.165) is 0 Å². The summed E-state index contributed by atoms with van der Waals surface area (Å²) in [7, 11) is 0. The van der Waals surface area contributed by atoms with Gasteiger partial charge in [0.15, 0.2) is 0 Å². The van der Waals surface area contributed by atoms with Gasteiger partial charge < -0.3 is 20.4 Å². The number of hydrogen-bond acceptors (Lipinski definition) is 4. The van der Waals surface area contributed by atoms with Gasteiger partial charge in [0.2, 0.25) is 0 Å². The molecule has 4 heteroatoms. The van der Waals surface area contributed by atoms with Crippen molar-refractivity contribution in [3.05, 3.63) is 0 Å². The summed E-state index contributed by atoms with van der Waals surface area (Å²) >= 11 is 0. The molecule has 0 aromatic carbocycles. The van der Waals surface area contributed by atoms with Crippen LogP contribution >= 0.6 is 0 Å². The lowest BCUT2D eigenvalue weighted by Crippen LogP contribution is -2.45. The van der Waals surface area contributed by atoms with Crippen LogP contribution in [0.5, 0.6) is 0 Å². The molecule has 0 fully saturated rings. The fourth-order valence-corrected chi connectivity index (χ4v) is 0.882. The molecule has 0 aromatic rings. The molecule has 0 aliphatic heterocycles. The highest BCUT2D eigenvalue weighted by Crippen LogP contribution is 2.11. The summed E-state index contributed by atoms with van der Waals surface area (Å²) in [6.45, 7) is 4.81. The molecule has 0 saturated heterocycles. The first-order valence-corrected chi connectivity index (χ1v) is 4.10. The highest BCUT2D eigenvalue weighted by molar-refractivity contribution is 4.80. The van der Waals surface area contributed by atoms with Gasteiger partial charge in [0.05, 0.1) is 12.2 Å². The van der Waals surface area contributed by atoms with Gasteiger partial charge >= 0.3 is 0 Å². The topological polar surface area (TPSA) is 80.9 Å².